The summed E-state index contributed by atoms with van der Waals surface area (Å²) < 4.78 is 43.6. The molecule has 2 N–H and O–H groups in total. The van der Waals surface area contributed by atoms with Crippen LogP contribution in [-0.2, 0) is 19.6 Å². The number of sulfonamides is 1. The fraction of sp³-hybridized carbons (Fsp3) is 0.200. The van der Waals surface area contributed by atoms with Gasteiger partial charge in [-0.1, -0.05) is 18.2 Å². The maximum Gasteiger partial charge on any atom is 0.338 e. The normalized spacial score (nSPS) is 10.9. The molecule has 0 atom stereocenters. The van der Waals surface area contributed by atoms with Crippen LogP contribution in [0, 0.1) is 13.8 Å². The van der Waals surface area contributed by atoms with Crippen molar-refractivity contribution in [2.45, 2.75) is 18.7 Å². The Hall–Kier alpha value is -4.05. The molecule has 9 nitrogen and oxygen atoms in total. The zero-order valence-corrected chi connectivity index (χ0v) is 20.6. The van der Waals surface area contributed by atoms with Gasteiger partial charge in [0.25, 0.3) is 15.9 Å². The summed E-state index contributed by atoms with van der Waals surface area (Å²) in [7, 11) is -1.01. The van der Waals surface area contributed by atoms with Crippen molar-refractivity contribution in [1.82, 2.24) is 0 Å². The summed E-state index contributed by atoms with van der Waals surface area (Å²) in [5.41, 5.74) is 2.17. The second-order valence-electron chi connectivity index (χ2n) is 7.64. The lowest BCUT2D eigenvalue weighted by Crippen LogP contribution is -2.22. The number of carbonyl (C=O) groups is 2. The molecule has 0 bridgehead atoms. The van der Waals surface area contributed by atoms with E-state index in [-0.39, 0.29) is 10.5 Å². The van der Waals surface area contributed by atoms with E-state index in [1.165, 1.54) is 32.4 Å². The first-order valence-electron chi connectivity index (χ1n) is 10.5. The molecule has 3 rings (SSSR count). The van der Waals surface area contributed by atoms with Crippen LogP contribution in [0.1, 0.15) is 21.5 Å². The summed E-state index contributed by atoms with van der Waals surface area (Å²) in [4.78, 5) is 24.9. The Bertz CT molecular complexity index is 1350. The van der Waals surface area contributed by atoms with E-state index in [9.17, 15) is 18.0 Å². The molecule has 0 heterocycles. The number of anilines is 2. The van der Waals surface area contributed by atoms with Crippen LogP contribution in [0.3, 0.4) is 0 Å². The zero-order valence-electron chi connectivity index (χ0n) is 19.7. The molecule has 0 aliphatic carbocycles. The quantitative estimate of drug-likeness (QED) is 0.429. The molecule has 35 heavy (non-hydrogen) atoms. The van der Waals surface area contributed by atoms with Crippen LogP contribution < -0.4 is 19.5 Å². The zero-order chi connectivity index (χ0) is 25.6. The third-order valence-electron chi connectivity index (χ3n) is 5.02. The summed E-state index contributed by atoms with van der Waals surface area (Å²) in [5.74, 6) is -0.526. The van der Waals surface area contributed by atoms with Crippen LogP contribution in [0.5, 0.6) is 11.5 Å². The van der Waals surface area contributed by atoms with E-state index in [1.807, 2.05) is 13.0 Å². The number of carbonyl (C=O) groups excluding carboxylic acids is 2. The summed E-state index contributed by atoms with van der Waals surface area (Å²) in [5, 5.41) is 2.60. The Morgan fingerprint density at radius 2 is 1.69 bits per heavy atom. The first-order valence-corrected chi connectivity index (χ1v) is 12.0. The van der Waals surface area contributed by atoms with Crippen molar-refractivity contribution in [1.29, 1.82) is 0 Å². The molecule has 0 saturated heterocycles. The maximum absolute atomic E-state index is 12.8. The van der Waals surface area contributed by atoms with E-state index in [4.69, 9.17) is 14.2 Å². The minimum atomic E-state index is -3.95. The van der Waals surface area contributed by atoms with Crippen LogP contribution in [0.2, 0.25) is 0 Å². The molecule has 10 heteroatoms. The minimum absolute atomic E-state index is 0.0314. The molecule has 0 aromatic heterocycles. The van der Waals surface area contributed by atoms with Crippen molar-refractivity contribution in [3.05, 3.63) is 77.4 Å². The third-order valence-corrected chi connectivity index (χ3v) is 6.40. The maximum atomic E-state index is 12.8. The minimum Gasteiger partial charge on any atom is -0.497 e. The predicted octanol–water partition coefficient (Wildman–Crippen LogP) is 3.92. The Balaban J connectivity index is 1.71. The molecular formula is C25H26N2O7S. The standard InChI is InChI=1S/C25H26N2O7S/c1-16-6-5-7-18(12-16)27-35(30,31)20-10-8-17(2)21(14-20)25(29)34-15-24(28)26-22-13-19(32-3)9-11-23(22)33-4/h5-14,27H,15H2,1-4H3,(H,26,28). The fourth-order valence-corrected chi connectivity index (χ4v) is 4.29. The molecule has 0 fully saturated rings. The summed E-state index contributed by atoms with van der Waals surface area (Å²) in [6.07, 6.45) is 0. The number of esters is 1. The van der Waals surface area contributed by atoms with Gasteiger partial charge in [-0.05, 0) is 61.4 Å². The second-order valence-corrected chi connectivity index (χ2v) is 9.32. The molecule has 0 aliphatic rings. The number of aryl methyl sites for hydroxylation is 2. The van der Waals surface area contributed by atoms with Crippen LogP contribution in [0.15, 0.2) is 65.6 Å². The van der Waals surface area contributed by atoms with Gasteiger partial charge in [-0.15, -0.1) is 0 Å². The number of ether oxygens (including phenoxy) is 3. The summed E-state index contributed by atoms with van der Waals surface area (Å²) in [6.45, 7) is 2.90. The van der Waals surface area contributed by atoms with Crippen LogP contribution in [0.25, 0.3) is 0 Å². The van der Waals surface area contributed by atoms with Crippen LogP contribution >= 0.6 is 0 Å². The Morgan fingerprint density at radius 3 is 2.37 bits per heavy atom. The third kappa shape index (κ3) is 6.51. The van der Waals surface area contributed by atoms with Gasteiger partial charge in [0.05, 0.1) is 30.4 Å². The first-order chi connectivity index (χ1) is 16.6. The Labute approximate surface area is 204 Å². The molecule has 0 radical (unpaired) electrons. The van der Waals surface area contributed by atoms with Gasteiger partial charge in [-0.3, -0.25) is 9.52 Å². The van der Waals surface area contributed by atoms with Crippen LogP contribution in [-0.4, -0.2) is 41.1 Å². The summed E-state index contributed by atoms with van der Waals surface area (Å²) in [6, 6.07) is 15.9. The van der Waals surface area contributed by atoms with Gasteiger partial charge in [0.2, 0.25) is 0 Å². The van der Waals surface area contributed by atoms with Crippen molar-refractivity contribution in [2.75, 3.05) is 30.9 Å². The SMILES string of the molecule is COc1ccc(OC)c(NC(=O)COC(=O)c2cc(S(=O)(=O)Nc3cccc(C)c3)ccc2C)c1. The number of hydrogen-bond acceptors (Lipinski definition) is 7. The number of nitrogens with one attached hydrogen (secondary N) is 2. The fourth-order valence-electron chi connectivity index (χ4n) is 3.22. The molecule has 3 aromatic carbocycles. The van der Waals surface area contributed by atoms with Crippen molar-refractivity contribution in [3.8, 4) is 11.5 Å². The van der Waals surface area contributed by atoms with E-state index in [2.05, 4.69) is 10.0 Å². The Kier molecular flexibility index (Phi) is 7.98. The van der Waals surface area contributed by atoms with E-state index in [0.717, 1.165) is 5.56 Å². The lowest BCUT2D eigenvalue weighted by molar-refractivity contribution is -0.119. The highest BCUT2D eigenvalue weighted by molar-refractivity contribution is 7.92. The van der Waals surface area contributed by atoms with E-state index in [1.54, 1.807) is 43.3 Å². The van der Waals surface area contributed by atoms with Gasteiger partial charge in [0, 0.05) is 11.8 Å². The molecule has 184 valence electrons. The molecule has 0 aliphatic heterocycles. The molecule has 0 unspecified atom stereocenters. The van der Waals surface area contributed by atoms with E-state index < -0.39 is 28.5 Å². The lowest BCUT2D eigenvalue weighted by atomic mass is 10.1. The average Bonchev–Trinajstić information content (AvgIpc) is 2.82. The van der Waals surface area contributed by atoms with Crippen molar-refractivity contribution in [3.63, 3.8) is 0 Å². The molecule has 0 saturated carbocycles. The smallest absolute Gasteiger partial charge is 0.338 e. The monoisotopic (exact) mass is 498 g/mol. The van der Waals surface area contributed by atoms with E-state index >= 15 is 0 Å². The second kappa shape index (κ2) is 10.9. The van der Waals surface area contributed by atoms with Crippen molar-refractivity contribution >= 4 is 33.3 Å². The summed E-state index contributed by atoms with van der Waals surface area (Å²) >= 11 is 0. The van der Waals surface area contributed by atoms with Gasteiger partial charge >= 0.3 is 5.97 Å². The number of benzene rings is 3. The molecular weight excluding hydrogens is 472 g/mol. The highest BCUT2D eigenvalue weighted by atomic mass is 32.2. The molecule has 1 amide bonds. The first kappa shape index (κ1) is 25.6. The van der Waals surface area contributed by atoms with E-state index in [0.29, 0.717) is 28.4 Å². The van der Waals surface area contributed by atoms with Gasteiger partial charge < -0.3 is 19.5 Å². The number of amides is 1. The highest BCUT2D eigenvalue weighted by Crippen LogP contribution is 2.29. The van der Waals surface area contributed by atoms with Crippen molar-refractivity contribution < 1.29 is 32.2 Å². The van der Waals surface area contributed by atoms with Crippen molar-refractivity contribution in [2.24, 2.45) is 0 Å². The number of methoxy groups -OCH3 is 2. The molecule has 0 spiro atoms. The topological polar surface area (TPSA) is 120 Å². The Morgan fingerprint density at radius 1 is 0.914 bits per heavy atom. The number of rotatable bonds is 9. The molecule has 3 aromatic rings. The van der Waals surface area contributed by atoms with Gasteiger partial charge in [-0.25, -0.2) is 13.2 Å². The number of hydrogen-bond donors (Lipinski definition) is 2. The highest BCUT2D eigenvalue weighted by Gasteiger charge is 2.20. The largest absolute Gasteiger partial charge is 0.497 e. The van der Waals surface area contributed by atoms with Gasteiger partial charge in [0.1, 0.15) is 11.5 Å². The van der Waals surface area contributed by atoms with Crippen LogP contribution in [0.4, 0.5) is 11.4 Å². The van der Waals surface area contributed by atoms with Gasteiger partial charge in [0.15, 0.2) is 6.61 Å². The van der Waals surface area contributed by atoms with Gasteiger partial charge in [-0.2, -0.15) is 0 Å². The predicted molar refractivity (Wildman–Crippen MR) is 132 cm³/mol. The average molecular weight is 499 g/mol. The lowest BCUT2D eigenvalue weighted by Gasteiger charge is -2.13.